The molecule has 5 nitrogen and oxygen atoms in total. The molecule has 2 N–H and O–H groups in total. The molecular formula is C16H31N3O2. The van der Waals surface area contributed by atoms with Crippen LogP contribution in [0.5, 0.6) is 0 Å². The number of nitrogens with two attached hydrogens (primary N) is 1. The summed E-state index contributed by atoms with van der Waals surface area (Å²) in [6.07, 6.45) is 3.77. The van der Waals surface area contributed by atoms with E-state index in [1.807, 2.05) is 25.7 Å². The Labute approximate surface area is 128 Å². The average molecular weight is 297 g/mol. The zero-order valence-electron chi connectivity index (χ0n) is 13.8. The van der Waals surface area contributed by atoms with Gasteiger partial charge >= 0.3 is 0 Å². The zero-order chi connectivity index (χ0) is 15.5. The first-order chi connectivity index (χ1) is 9.88. The molecule has 5 heteroatoms. The van der Waals surface area contributed by atoms with Gasteiger partial charge in [0, 0.05) is 32.8 Å². The maximum absolute atomic E-state index is 12.5. The fraction of sp³-hybridized carbons (Fsp3) is 0.938. The van der Waals surface area contributed by atoms with E-state index in [1.165, 1.54) is 12.8 Å². The number of carbonyl (C=O) groups is 1. The van der Waals surface area contributed by atoms with Crippen molar-refractivity contribution < 1.29 is 9.53 Å². The van der Waals surface area contributed by atoms with Crippen LogP contribution in [0, 0.1) is 5.41 Å². The topological polar surface area (TPSA) is 58.8 Å². The van der Waals surface area contributed by atoms with Crippen molar-refractivity contribution in [3.8, 4) is 0 Å². The van der Waals surface area contributed by atoms with E-state index in [0.29, 0.717) is 6.10 Å². The van der Waals surface area contributed by atoms with Gasteiger partial charge in [-0.25, -0.2) is 0 Å². The average Bonchev–Trinajstić information content (AvgIpc) is 2.81. The van der Waals surface area contributed by atoms with Crippen LogP contribution in [0.25, 0.3) is 0 Å². The van der Waals surface area contributed by atoms with Gasteiger partial charge in [0.15, 0.2) is 0 Å². The smallest absolute Gasteiger partial charge is 0.240 e. The lowest BCUT2D eigenvalue weighted by Gasteiger charge is -2.31. The molecule has 0 radical (unpaired) electrons. The van der Waals surface area contributed by atoms with Gasteiger partial charge in [-0.15, -0.1) is 0 Å². The van der Waals surface area contributed by atoms with E-state index in [9.17, 15) is 4.79 Å². The molecule has 0 aromatic rings. The summed E-state index contributed by atoms with van der Waals surface area (Å²) >= 11 is 0. The van der Waals surface area contributed by atoms with Crippen LogP contribution in [0.3, 0.4) is 0 Å². The van der Waals surface area contributed by atoms with Gasteiger partial charge in [-0.1, -0.05) is 20.8 Å². The largest absolute Gasteiger partial charge is 0.377 e. The Morgan fingerprint density at radius 2 is 2.00 bits per heavy atom. The third kappa shape index (κ3) is 4.66. The Morgan fingerprint density at radius 3 is 2.62 bits per heavy atom. The molecule has 1 amide bonds. The number of hydrogen-bond donors (Lipinski definition) is 1. The first-order valence-corrected chi connectivity index (χ1v) is 8.26. The van der Waals surface area contributed by atoms with Crippen molar-refractivity contribution in [2.45, 2.75) is 52.2 Å². The summed E-state index contributed by atoms with van der Waals surface area (Å²) in [5.74, 6) is 0.0986. The third-order valence-electron chi connectivity index (χ3n) is 4.59. The summed E-state index contributed by atoms with van der Waals surface area (Å²) in [6, 6.07) is -0.415. The molecule has 2 atom stereocenters. The van der Waals surface area contributed by atoms with Gasteiger partial charge in [-0.2, -0.15) is 0 Å². The highest BCUT2D eigenvalue weighted by molar-refractivity contribution is 5.82. The van der Waals surface area contributed by atoms with E-state index in [-0.39, 0.29) is 11.3 Å². The quantitative estimate of drug-likeness (QED) is 0.846. The summed E-state index contributed by atoms with van der Waals surface area (Å²) in [6.45, 7) is 11.6. The van der Waals surface area contributed by atoms with Crippen LogP contribution in [0.4, 0.5) is 0 Å². The second kappa shape index (κ2) is 7.07. The molecule has 1 unspecified atom stereocenters. The first-order valence-electron chi connectivity index (χ1n) is 8.26. The molecule has 2 rings (SSSR count). The van der Waals surface area contributed by atoms with Gasteiger partial charge in [0.2, 0.25) is 5.91 Å². The Bertz CT molecular complexity index is 348. The molecule has 21 heavy (non-hydrogen) atoms. The Hall–Kier alpha value is -0.650. The highest BCUT2D eigenvalue weighted by Gasteiger charge is 2.32. The fourth-order valence-corrected chi connectivity index (χ4v) is 3.02. The molecule has 0 saturated carbocycles. The molecule has 0 aliphatic carbocycles. The van der Waals surface area contributed by atoms with Crippen LogP contribution in [0.15, 0.2) is 0 Å². The number of ether oxygens (including phenoxy) is 1. The fourth-order valence-electron chi connectivity index (χ4n) is 3.02. The molecule has 0 aromatic heterocycles. The maximum atomic E-state index is 12.5. The van der Waals surface area contributed by atoms with E-state index >= 15 is 0 Å². The molecule has 2 heterocycles. The minimum atomic E-state index is -0.415. The summed E-state index contributed by atoms with van der Waals surface area (Å²) in [7, 11) is 0. The lowest BCUT2D eigenvalue weighted by Crippen LogP contribution is -2.51. The van der Waals surface area contributed by atoms with Crippen molar-refractivity contribution >= 4 is 5.91 Å². The summed E-state index contributed by atoms with van der Waals surface area (Å²) in [5, 5.41) is 0. The lowest BCUT2D eigenvalue weighted by atomic mass is 9.86. The van der Waals surface area contributed by atoms with Gasteiger partial charge in [0.25, 0.3) is 0 Å². The second-order valence-corrected chi connectivity index (χ2v) is 7.46. The summed E-state index contributed by atoms with van der Waals surface area (Å²) < 4.78 is 5.71. The van der Waals surface area contributed by atoms with Gasteiger partial charge in [-0.3, -0.25) is 9.69 Å². The van der Waals surface area contributed by atoms with Gasteiger partial charge in [0.1, 0.15) is 0 Å². The molecule has 0 spiro atoms. The molecule has 0 aromatic carbocycles. The Balaban J connectivity index is 1.83. The standard InChI is InChI=1S/C16H31N3O2/c1-16(2,3)14(17)15(20)19-8-5-7-18(9-10-19)12-13-6-4-11-21-13/h13-14H,4-12,17H2,1-3H3/t13?,14-/m1/s1. The van der Waals surface area contributed by atoms with E-state index < -0.39 is 6.04 Å². The number of hydrogen-bond acceptors (Lipinski definition) is 4. The van der Waals surface area contributed by atoms with Crippen molar-refractivity contribution in [3.05, 3.63) is 0 Å². The highest BCUT2D eigenvalue weighted by atomic mass is 16.5. The van der Waals surface area contributed by atoms with Crippen LogP contribution in [-0.2, 0) is 9.53 Å². The predicted molar refractivity (Wildman–Crippen MR) is 84.0 cm³/mol. The number of amides is 1. The monoisotopic (exact) mass is 297 g/mol. The SMILES string of the molecule is CC(C)(C)[C@H](N)C(=O)N1CCCN(CC2CCCO2)CC1. The van der Waals surface area contributed by atoms with Crippen LogP contribution in [0.1, 0.15) is 40.0 Å². The molecule has 122 valence electrons. The van der Waals surface area contributed by atoms with Crippen molar-refractivity contribution in [3.63, 3.8) is 0 Å². The minimum Gasteiger partial charge on any atom is -0.377 e. The first kappa shape index (κ1) is 16.7. The summed E-state index contributed by atoms with van der Waals surface area (Å²) in [5.41, 5.74) is 5.94. The van der Waals surface area contributed by atoms with E-state index in [1.54, 1.807) is 0 Å². The van der Waals surface area contributed by atoms with Gasteiger partial charge < -0.3 is 15.4 Å². The molecule has 2 fully saturated rings. The molecular weight excluding hydrogens is 266 g/mol. The van der Waals surface area contributed by atoms with Crippen molar-refractivity contribution in [1.29, 1.82) is 0 Å². The van der Waals surface area contributed by atoms with Crippen molar-refractivity contribution in [1.82, 2.24) is 9.80 Å². The second-order valence-electron chi connectivity index (χ2n) is 7.46. The maximum Gasteiger partial charge on any atom is 0.240 e. The van der Waals surface area contributed by atoms with Crippen molar-refractivity contribution in [2.24, 2.45) is 11.1 Å². The Kier molecular flexibility index (Phi) is 5.63. The van der Waals surface area contributed by atoms with Crippen LogP contribution in [0.2, 0.25) is 0 Å². The zero-order valence-corrected chi connectivity index (χ0v) is 13.8. The molecule has 2 aliphatic heterocycles. The van der Waals surface area contributed by atoms with Gasteiger partial charge in [-0.05, 0) is 31.2 Å². The van der Waals surface area contributed by atoms with Crippen LogP contribution < -0.4 is 5.73 Å². The van der Waals surface area contributed by atoms with E-state index in [2.05, 4.69) is 4.90 Å². The highest BCUT2D eigenvalue weighted by Crippen LogP contribution is 2.20. The Morgan fingerprint density at radius 1 is 1.24 bits per heavy atom. The number of rotatable bonds is 3. The lowest BCUT2D eigenvalue weighted by molar-refractivity contribution is -0.134. The molecule has 2 saturated heterocycles. The van der Waals surface area contributed by atoms with E-state index in [0.717, 1.165) is 45.8 Å². The molecule has 2 aliphatic rings. The van der Waals surface area contributed by atoms with E-state index in [4.69, 9.17) is 10.5 Å². The predicted octanol–water partition coefficient (Wildman–Crippen LogP) is 1.07. The van der Waals surface area contributed by atoms with Crippen LogP contribution >= 0.6 is 0 Å². The third-order valence-corrected chi connectivity index (χ3v) is 4.59. The van der Waals surface area contributed by atoms with Crippen LogP contribution in [-0.4, -0.2) is 67.2 Å². The summed E-state index contributed by atoms with van der Waals surface area (Å²) in [4.78, 5) is 16.9. The van der Waals surface area contributed by atoms with Gasteiger partial charge in [0.05, 0.1) is 12.1 Å². The number of nitrogens with zero attached hydrogens (tertiary/aromatic N) is 2. The minimum absolute atomic E-state index is 0.0986. The molecule has 0 bridgehead atoms. The normalized spacial score (nSPS) is 26.7. The van der Waals surface area contributed by atoms with Crippen molar-refractivity contribution in [2.75, 3.05) is 39.3 Å². The number of carbonyl (C=O) groups excluding carboxylic acids is 1.